The summed E-state index contributed by atoms with van der Waals surface area (Å²) in [5, 5.41) is 11.9. The summed E-state index contributed by atoms with van der Waals surface area (Å²) in [4.78, 5) is 11.4. The molecule has 1 unspecified atom stereocenters. The first-order valence-corrected chi connectivity index (χ1v) is 6.80. The topological polar surface area (TPSA) is 49.3 Å². The molecule has 0 saturated carbocycles. The molecule has 2 N–H and O–H groups in total. The van der Waals surface area contributed by atoms with E-state index in [9.17, 15) is 9.90 Å². The first kappa shape index (κ1) is 15.7. The zero-order chi connectivity index (χ0) is 14.6. The van der Waals surface area contributed by atoms with Gasteiger partial charge in [-0.25, -0.2) is 0 Å². The van der Waals surface area contributed by atoms with Crippen molar-refractivity contribution in [2.75, 3.05) is 6.54 Å². The highest BCUT2D eigenvalue weighted by molar-refractivity contribution is 5.80. The summed E-state index contributed by atoms with van der Waals surface area (Å²) < 4.78 is 0. The Bertz CT molecular complexity index is 419. The Hall–Kier alpha value is -1.35. The number of hydrogen-bond donors (Lipinski definition) is 2. The van der Waals surface area contributed by atoms with E-state index in [0.29, 0.717) is 12.5 Å². The van der Waals surface area contributed by atoms with Crippen molar-refractivity contribution >= 4 is 5.91 Å². The minimum atomic E-state index is -0.959. The highest BCUT2D eigenvalue weighted by atomic mass is 16.3. The summed E-state index contributed by atoms with van der Waals surface area (Å²) in [6.45, 7) is 10.5. The molecule has 1 rings (SSSR count). The summed E-state index contributed by atoms with van der Waals surface area (Å²) >= 11 is 0. The molecule has 1 atom stereocenters. The highest BCUT2D eigenvalue weighted by Crippen LogP contribution is 2.24. The number of hydrogen-bond acceptors (Lipinski definition) is 2. The fourth-order valence-electron chi connectivity index (χ4n) is 1.88. The average Bonchev–Trinajstić information content (AvgIpc) is 2.36. The Morgan fingerprint density at radius 3 is 2.16 bits per heavy atom. The van der Waals surface area contributed by atoms with Gasteiger partial charge in [-0.05, 0) is 24.0 Å². The van der Waals surface area contributed by atoms with Crippen molar-refractivity contribution in [3.05, 3.63) is 35.4 Å². The molecule has 3 heteroatoms. The summed E-state index contributed by atoms with van der Waals surface area (Å²) in [5.74, 6) is 0.193. The first-order valence-electron chi connectivity index (χ1n) is 6.80. The maximum Gasteiger partial charge on any atom is 0.248 e. The quantitative estimate of drug-likeness (QED) is 0.858. The van der Waals surface area contributed by atoms with Gasteiger partial charge >= 0.3 is 0 Å². The van der Waals surface area contributed by atoms with Gasteiger partial charge in [0.25, 0.3) is 0 Å². The van der Waals surface area contributed by atoms with Crippen LogP contribution in [-0.4, -0.2) is 23.7 Å². The van der Waals surface area contributed by atoms with E-state index in [4.69, 9.17) is 0 Å². The fourth-order valence-corrected chi connectivity index (χ4v) is 1.88. The second-order valence-electron chi connectivity index (χ2n) is 6.05. The average molecular weight is 263 g/mol. The molecule has 0 aliphatic carbocycles. The molecule has 1 aromatic rings. The number of carbonyl (C=O) groups excluding carboxylic acids is 1. The third-order valence-corrected chi connectivity index (χ3v) is 3.44. The lowest BCUT2D eigenvalue weighted by Crippen LogP contribution is -2.40. The van der Waals surface area contributed by atoms with E-state index in [2.05, 4.69) is 57.3 Å². The summed E-state index contributed by atoms with van der Waals surface area (Å²) in [5.41, 5.74) is 2.34. The molecule has 0 heterocycles. The lowest BCUT2D eigenvalue weighted by atomic mass is 9.83. The zero-order valence-corrected chi connectivity index (χ0v) is 12.5. The van der Waals surface area contributed by atoms with E-state index in [0.717, 1.165) is 0 Å². The molecule has 3 nitrogen and oxygen atoms in total. The number of rotatable bonds is 5. The van der Waals surface area contributed by atoms with Crippen LogP contribution in [-0.2, 0) is 10.2 Å². The Morgan fingerprint density at radius 2 is 1.74 bits per heavy atom. The second kappa shape index (κ2) is 6.20. The van der Waals surface area contributed by atoms with Gasteiger partial charge in [-0.15, -0.1) is 0 Å². The van der Waals surface area contributed by atoms with E-state index in [1.165, 1.54) is 18.1 Å². The van der Waals surface area contributed by atoms with Gasteiger partial charge in [-0.2, -0.15) is 0 Å². The standard InChI is InChI=1S/C16H25NO2/c1-11(2)13-6-8-14(9-7-13)16(4,5)10-17-15(19)12(3)18/h6-9,11-12,18H,10H2,1-5H3,(H,17,19). The maximum atomic E-state index is 11.4. The molecular formula is C16H25NO2. The molecule has 0 aliphatic rings. The van der Waals surface area contributed by atoms with Crippen LogP contribution in [0.3, 0.4) is 0 Å². The molecule has 0 aromatic heterocycles. The molecule has 0 radical (unpaired) electrons. The van der Waals surface area contributed by atoms with Gasteiger partial charge in [0.2, 0.25) is 5.91 Å². The van der Waals surface area contributed by atoms with Gasteiger partial charge < -0.3 is 10.4 Å². The van der Waals surface area contributed by atoms with Crippen LogP contribution in [0.15, 0.2) is 24.3 Å². The summed E-state index contributed by atoms with van der Waals surface area (Å²) in [7, 11) is 0. The zero-order valence-electron chi connectivity index (χ0n) is 12.5. The normalized spacial score (nSPS) is 13.4. The summed E-state index contributed by atoms with van der Waals surface area (Å²) in [6, 6.07) is 8.50. The van der Waals surface area contributed by atoms with Crippen LogP contribution >= 0.6 is 0 Å². The molecule has 19 heavy (non-hydrogen) atoms. The first-order chi connectivity index (χ1) is 8.74. The number of carbonyl (C=O) groups is 1. The van der Waals surface area contributed by atoms with E-state index in [-0.39, 0.29) is 11.3 Å². The van der Waals surface area contributed by atoms with Crippen LogP contribution in [0.25, 0.3) is 0 Å². The number of nitrogens with one attached hydrogen (secondary N) is 1. The molecule has 1 aromatic carbocycles. The van der Waals surface area contributed by atoms with Gasteiger partial charge in [0.15, 0.2) is 0 Å². The third kappa shape index (κ3) is 4.35. The number of aliphatic hydroxyl groups excluding tert-OH is 1. The summed E-state index contributed by atoms with van der Waals surface area (Å²) in [6.07, 6.45) is -0.959. The number of benzene rings is 1. The van der Waals surface area contributed by atoms with E-state index in [1.807, 2.05) is 0 Å². The van der Waals surface area contributed by atoms with E-state index < -0.39 is 6.10 Å². The van der Waals surface area contributed by atoms with Crippen molar-refractivity contribution in [3.63, 3.8) is 0 Å². The van der Waals surface area contributed by atoms with E-state index >= 15 is 0 Å². The van der Waals surface area contributed by atoms with Crippen molar-refractivity contribution in [2.45, 2.75) is 52.1 Å². The van der Waals surface area contributed by atoms with Crippen molar-refractivity contribution in [2.24, 2.45) is 0 Å². The SMILES string of the molecule is CC(O)C(=O)NCC(C)(C)c1ccc(C(C)C)cc1. The fraction of sp³-hybridized carbons (Fsp3) is 0.562. The van der Waals surface area contributed by atoms with E-state index in [1.54, 1.807) is 0 Å². The number of amides is 1. The molecular weight excluding hydrogens is 238 g/mol. The predicted molar refractivity (Wildman–Crippen MR) is 78.2 cm³/mol. The highest BCUT2D eigenvalue weighted by Gasteiger charge is 2.22. The molecule has 0 spiro atoms. The Kier molecular flexibility index (Phi) is 5.12. The smallest absolute Gasteiger partial charge is 0.248 e. The predicted octanol–water partition coefficient (Wildman–Crippen LogP) is 2.58. The van der Waals surface area contributed by atoms with Gasteiger partial charge in [0.1, 0.15) is 6.10 Å². The molecule has 0 fully saturated rings. The van der Waals surface area contributed by atoms with Gasteiger partial charge in [0, 0.05) is 12.0 Å². The Morgan fingerprint density at radius 1 is 1.21 bits per heavy atom. The Balaban J connectivity index is 2.74. The molecule has 1 amide bonds. The van der Waals surface area contributed by atoms with Gasteiger partial charge in [-0.3, -0.25) is 4.79 Å². The minimum absolute atomic E-state index is 0.153. The van der Waals surface area contributed by atoms with Gasteiger partial charge in [-0.1, -0.05) is 52.0 Å². The van der Waals surface area contributed by atoms with Crippen LogP contribution in [0, 0.1) is 0 Å². The van der Waals surface area contributed by atoms with Crippen LogP contribution in [0.1, 0.15) is 51.7 Å². The number of aliphatic hydroxyl groups is 1. The van der Waals surface area contributed by atoms with Crippen LogP contribution in [0.5, 0.6) is 0 Å². The van der Waals surface area contributed by atoms with Crippen molar-refractivity contribution in [1.29, 1.82) is 0 Å². The minimum Gasteiger partial charge on any atom is -0.384 e. The lowest BCUT2D eigenvalue weighted by molar-refractivity contribution is -0.128. The van der Waals surface area contributed by atoms with Crippen molar-refractivity contribution in [1.82, 2.24) is 5.32 Å². The second-order valence-corrected chi connectivity index (χ2v) is 6.05. The third-order valence-electron chi connectivity index (χ3n) is 3.44. The van der Waals surface area contributed by atoms with Crippen molar-refractivity contribution in [3.8, 4) is 0 Å². The van der Waals surface area contributed by atoms with Gasteiger partial charge in [0.05, 0.1) is 0 Å². The molecule has 0 aliphatic heterocycles. The monoisotopic (exact) mass is 263 g/mol. The van der Waals surface area contributed by atoms with Crippen LogP contribution in [0.2, 0.25) is 0 Å². The van der Waals surface area contributed by atoms with Crippen LogP contribution in [0.4, 0.5) is 0 Å². The molecule has 0 saturated heterocycles. The Labute approximate surface area is 116 Å². The van der Waals surface area contributed by atoms with Crippen LogP contribution < -0.4 is 5.32 Å². The lowest BCUT2D eigenvalue weighted by Gasteiger charge is -2.26. The maximum absolute atomic E-state index is 11.4. The molecule has 106 valence electrons. The molecule has 0 bridgehead atoms. The largest absolute Gasteiger partial charge is 0.384 e. The van der Waals surface area contributed by atoms with Crippen molar-refractivity contribution < 1.29 is 9.90 Å².